The average molecular weight is 204 g/mol. The molecule has 0 aromatic carbocycles. The molecule has 4 atom stereocenters. The molecule has 0 bridgehead atoms. The highest BCUT2D eigenvalue weighted by atomic mass is 16.8. The van der Waals surface area contributed by atoms with Crippen LogP contribution in [-0.4, -0.2) is 46.7 Å². The van der Waals surface area contributed by atoms with Gasteiger partial charge in [-0.2, -0.15) is 0 Å². The van der Waals surface area contributed by atoms with Crippen LogP contribution in [0, 0.1) is 0 Å². The van der Waals surface area contributed by atoms with E-state index in [2.05, 4.69) is 0 Å². The second kappa shape index (κ2) is 2.90. The first-order chi connectivity index (χ1) is 6.37. The monoisotopic (exact) mass is 204 g/mol. The lowest BCUT2D eigenvalue weighted by Crippen LogP contribution is -2.47. The van der Waals surface area contributed by atoms with Crippen LogP contribution < -0.4 is 0 Å². The zero-order valence-electron chi connectivity index (χ0n) is 8.56. The Balaban J connectivity index is 2.18. The van der Waals surface area contributed by atoms with E-state index in [-0.39, 0.29) is 6.61 Å². The molecule has 0 aromatic heterocycles. The van der Waals surface area contributed by atoms with Gasteiger partial charge in [0.05, 0.1) is 6.61 Å². The van der Waals surface area contributed by atoms with Gasteiger partial charge in [0, 0.05) is 0 Å². The van der Waals surface area contributed by atoms with Crippen LogP contribution in [0.5, 0.6) is 0 Å². The molecule has 0 saturated carbocycles. The van der Waals surface area contributed by atoms with Crippen molar-refractivity contribution in [1.29, 1.82) is 0 Å². The van der Waals surface area contributed by atoms with Crippen LogP contribution in [0.4, 0.5) is 0 Å². The molecular weight excluding hydrogens is 188 g/mol. The molecule has 5 heteroatoms. The normalized spacial score (nSPS) is 50.8. The summed E-state index contributed by atoms with van der Waals surface area (Å²) in [5.74, 6) is -0.736. The van der Waals surface area contributed by atoms with Crippen LogP contribution in [0.1, 0.15) is 20.8 Å². The van der Waals surface area contributed by atoms with E-state index in [1.165, 1.54) is 0 Å². The minimum Gasteiger partial charge on any atom is -0.394 e. The number of fused-ring (bicyclic) bond motifs is 1. The van der Waals surface area contributed by atoms with E-state index in [0.717, 1.165) is 0 Å². The van der Waals surface area contributed by atoms with Gasteiger partial charge >= 0.3 is 0 Å². The third kappa shape index (κ3) is 1.36. The Morgan fingerprint density at radius 2 is 1.86 bits per heavy atom. The van der Waals surface area contributed by atoms with Gasteiger partial charge in [-0.05, 0) is 20.8 Å². The summed E-state index contributed by atoms with van der Waals surface area (Å²) < 4.78 is 16.3. The Morgan fingerprint density at radius 1 is 1.21 bits per heavy atom. The lowest BCUT2D eigenvalue weighted by Gasteiger charge is -2.29. The lowest BCUT2D eigenvalue weighted by atomic mass is 9.95. The minimum atomic E-state index is -1.20. The molecule has 0 amide bonds. The van der Waals surface area contributed by atoms with Crippen molar-refractivity contribution in [3.8, 4) is 0 Å². The largest absolute Gasteiger partial charge is 0.394 e. The van der Waals surface area contributed by atoms with Gasteiger partial charge in [0.25, 0.3) is 0 Å². The zero-order valence-corrected chi connectivity index (χ0v) is 8.56. The molecule has 5 nitrogen and oxygen atoms in total. The van der Waals surface area contributed by atoms with Crippen LogP contribution >= 0.6 is 0 Å². The van der Waals surface area contributed by atoms with E-state index >= 15 is 0 Å². The van der Waals surface area contributed by atoms with Crippen molar-refractivity contribution >= 4 is 0 Å². The molecule has 2 aliphatic heterocycles. The van der Waals surface area contributed by atoms with Gasteiger partial charge in [0.1, 0.15) is 17.8 Å². The van der Waals surface area contributed by atoms with E-state index in [1.807, 2.05) is 0 Å². The van der Waals surface area contributed by atoms with E-state index < -0.39 is 29.9 Å². The fourth-order valence-electron chi connectivity index (χ4n) is 1.94. The highest BCUT2D eigenvalue weighted by molar-refractivity contribution is 5.01. The molecule has 2 fully saturated rings. The number of ether oxygens (including phenoxy) is 3. The molecule has 4 unspecified atom stereocenters. The van der Waals surface area contributed by atoms with Crippen molar-refractivity contribution in [3.63, 3.8) is 0 Å². The summed E-state index contributed by atoms with van der Waals surface area (Å²) >= 11 is 0. The molecule has 0 spiro atoms. The molecule has 0 aliphatic carbocycles. The van der Waals surface area contributed by atoms with Gasteiger partial charge in [0.15, 0.2) is 12.1 Å². The number of hydrogen-bond acceptors (Lipinski definition) is 5. The van der Waals surface area contributed by atoms with E-state index in [1.54, 1.807) is 20.8 Å². The molecule has 82 valence electrons. The van der Waals surface area contributed by atoms with Crippen LogP contribution in [0.3, 0.4) is 0 Å². The van der Waals surface area contributed by atoms with E-state index in [4.69, 9.17) is 19.3 Å². The fraction of sp³-hybridized carbons (Fsp3) is 1.00. The number of rotatable bonds is 1. The van der Waals surface area contributed by atoms with Crippen molar-refractivity contribution < 1.29 is 24.4 Å². The zero-order chi connectivity index (χ0) is 10.6. The van der Waals surface area contributed by atoms with Crippen LogP contribution in [0.25, 0.3) is 0 Å². The second-order valence-corrected chi connectivity index (χ2v) is 4.46. The Morgan fingerprint density at radius 3 is 2.36 bits per heavy atom. The summed E-state index contributed by atoms with van der Waals surface area (Å²) in [6.07, 6.45) is -1.76. The number of hydrogen-bond donors (Lipinski definition) is 2. The van der Waals surface area contributed by atoms with E-state index in [0.29, 0.717) is 0 Å². The summed E-state index contributed by atoms with van der Waals surface area (Å²) in [4.78, 5) is 0. The Labute approximate surface area is 82.6 Å². The first-order valence-electron chi connectivity index (χ1n) is 4.71. The standard InChI is InChI=1S/C9H16O5/c1-8(2)13-6-7(14-8)12-5(4-10)9(6,3)11/h5-7,10-11H,4H2,1-3H3. The van der Waals surface area contributed by atoms with Gasteiger partial charge in [0.2, 0.25) is 0 Å². The van der Waals surface area contributed by atoms with E-state index in [9.17, 15) is 5.11 Å². The van der Waals surface area contributed by atoms with Crippen molar-refractivity contribution in [2.45, 2.75) is 50.7 Å². The van der Waals surface area contributed by atoms with Gasteiger partial charge < -0.3 is 24.4 Å². The molecule has 0 aromatic rings. The summed E-state index contributed by atoms with van der Waals surface area (Å²) in [5, 5.41) is 19.1. The first-order valence-corrected chi connectivity index (χ1v) is 4.71. The van der Waals surface area contributed by atoms with Gasteiger partial charge in [-0.15, -0.1) is 0 Å². The Hall–Kier alpha value is -0.200. The maximum Gasteiger partial charge on any atom is 0.190 e. The molecule has 2 heterocycles. The fourth-order valence-corrected chi connectivity index (χ4v) is 1.94. The van der Waals surface area contributed by atoms with Crippen LogP contribution in [0.15, 0.2) is 0 Å². The smallest absolute Gasteiger partial charge is 0.190 e. The molecule has 2 saturated heterocycles. The highest BCUT2D eigenvalue weighted by Crippen LogP contribution is 2.42. The maximum atomic E-state index is 10.1. The van der Waals surface area contributed by atoms with Crippen molar-refractivity contribution in [3.05, 3.63) is 0 Å². The Bertz CT molecular complexity index is 237. The third-order valence-corrected chi connectivity index (χ3v) is 2.75. The average Bonchev–Trinajstić information content (AvgIpc) is 2.45. The highest BCUT2D eigenvalue weighted by Gasteiger charge is 2.60. The predicted octanol–water partition coefficient (Wildman–Crippen LogP) is -0.394. The maximum absolute atomic E-state index is 10.1. The summed E-state index contributed by atoms with van der Waals surface area (Å²) in [6, 6.07) is 0. The van der Waals surface area contributed by atoms with Crippen LogP contribution in [0.2, 0.25) is 0 Å². The third-order valence-electron chi connectivity index (χ3n) is 2.75. The summed E-state index contributed by atoms with van der Waals surface area (Å²) in [5.41, 5.74) is -1.20. The van der Waals surface area contributed by atoms with Gasteiger partial charge in [-0.3, -0.25) is 0 Å². The quantitative estimate of drug-likeness (QED) is 0.608. The summed E-state index contributed by atoms with van der Waals surface area (Å²) in [6.45, 7) is 4.87. The molecule has 14 heavy (non-hydrogen) atoms. The molecule has 2 rings (SSSR count). The molecule has 2 aliphatic rings. The Kier molecular flexibility index (Phi) is 2.14. The molecular formula is C9H16O5. The molecule has 2 N–H and O–H groups in total. The second-order valence-electron chi connectivity index (χ2n) is 4.46. The SMILES string of the molecule is CC1(C)OC2OC(CO)C(C)(O)C2O1. The topological polar surface area (TPSA) is 68.2 Å². The van der Waals surface area contributed by atoms with Gasteiger partial charge in [-0.1, -0.05) is 0 Å². The van der Waals surface area contributed by atoms with Crippen molar-refractivity contribution in [2.24, 2.45) is 0 Å². The number of aliphatic hydroxyl groups is 2. The van der Waals surface area contributed by atoms with Crippen molar-refractivity contribution in [1.82, 2.24) is 0 Å². The van der Waals surface area contributed by atoms with Crippen molar-refractivity contribution in [2.75, 3.05) is 6.61 Å². The molecule has 0 radical (unpaired) electrons. The van der Waals surface area contributed by atoms with Gasteiger partial charge in [-0.25, -0.2) is 0 Å². The number of aliphatic hydroxyl groups excluding tert-OH is 1. The summed E-state index contributed by atoms with van der Waals surface area (Å²) in [7, 11) is 0. The lowest BCUT2D eigenvalue weighted by molar-refractivity contribution is -0.230. The predicted molar refractivity (Wildman–Crippen MR) is 46.4 cm³/mol. The minimum absolute atomic E-state index is 0.243. The first kappa shape index (κ1) is 10.3. The van der Waals surface area contributed by atoms with Crippen LogP contribution in [-0.2, 0) is 14.2 Å².